The first-order valence-electron chi connectivity index (χ1n) is 3.67. The third kappa shape index (κ3) is 2.36. The van der Waals surface area contributed by atoms with E-state index in [-0.39, 0.29) is 10.5 Å². The number of carbonyl (C=O) groups is 1. The van der Waals surface area contributed by atoms with Gasteiger partial charge < -0.3 is 0 Å². The van der Waals surface area contributed by atoms with E-state index in [1.165, 1.54) is 12.1 Å². The Morgan fingerprint density at radius 3 is 2.14 bits per heavy atom. The van der Waals surface area contributed by atoms with Gasteiger partial charge in [0.05, 0.1) is 4.90 Å². The lowest BCUT2D eigenvalue weighted by molar-refractivity contribution is 0.0958. The lowest BCUT2D eigenvalue weighted by atomic mass is 10.1. The Kier molecular flexibility index (Phi) is 2.97. The van der Waals surface area contributed by atoms with Gasteiger partial charge in [-0.3, -0.25) is 4.79 Å². The van der Waals surface area contributed by atoms with Gasteiger partial charge in [0, 0.05) is 5.56 Å². The topological polar surface area (TPSA) is 77.2 Å². The fourth-order valence-corrected chi connectivity index (χ4v) is 1.42. The number of primary sulfonamides is 1. The van der Waals surface area contributed by atoms with E-state index in [9.17, 15) is 17.6 Å². The first-order valence-corrected chi connectivity index (χ1v) is 5.22. The molecule has 2 N–H and O–H groups in total. The van der Waals surface area contributed by atoms with Crippen LogP contribution in [0.4, 0.5) is 4.39 Å². The molecule has 6 heteroatoms. The number of nitrogens with two attached hydrogens (primary N) is 1. The molecule has 0 bridgehead atoms. The van der Waals surface area contributed by atoms with Crippen molar-refractivity contribution in [3.63, 3.8) is 0 Å². The first-order chi connectivity index (χ1) is 6.45. The summed E-state index contributed by atoms with van der Waals surface area (Å²) >= 11 is 0. The van der Waals surface area contributed by atoms with Gasteiger partial charge in [-0.2, -0.15) is 0 Å². The molecule has 0 saturated heterocycles. The quantitative estimate of drug-likeness (QED) is 0.748. The Labute approximate surface area is 80.6 Å². The molecule has 14 heavy (non-hydrogen) atoms. The summed E-state index contributed by atoms with van der Waals surface area (Å²) in [5.74, 6) is -0.689. The molecule has 0 radical (unpaired) electrons. The molecule has 0 amide bonds. The van der Waals surface area contributed by atoms with Crippen molar-refractivity contribution in [2.24, 2.45) is 5.14 Å². The Hall–Kier alpha value is -1.27. The molecule has 0 fully saturated rings. The highest BCUT2D eigenvalue weighted by Gasteiger charge is 2.09. The highest BCUT2D eigenvalue weighted by atomic mass is 32.2. The number of halogens is 1. The third-order valence-corrected chi connectivity index (χ3v) is 2.56. The minimum absolute atomic E-state index is 0.104. The van der Waals surface area contributed by atoms with E-state index in [4.69, 9.17) is 5.14 Å². The van der Waals surface area contributed by atoms with Gasteiger partial charge in [0.2, 0.25) is 10.0 Å². The summed E-state index contributed by atoms with van der Waals surface area (Å²) in [7, 11) is -3.76. The van der Waals surface area contributed by atoms with E-state index in [1.54, 1.807) is 0 Å². The number of rotatable bonds is 3. The van der Waals surface area contributed by atoms with E-state index in [0.29, 0.717) is 0 Å². The van der Waals surface area contributed by atoms with Gasteiger partial charge in [-0.15, -0.1) is 0 Å². The van der Waals surface area contributed by atoms with Crippen LogP contribution in [0.25, 0.3) is 0 Å². The maximum Gasteiger partial charge on any atom is 0.238 e. The van der Waals surface area contributed by atoms with Gasteiger partial charge in [-0.25, -0.2) is 17.9 Å². The molecule has 0 spiro atoms. The predicted molar refractivity (Wildman–Crippen MR) is 48.1 cm³/mol. The van der Waals surface area contributed by atoms with Gasteiger partial charge in [-0.05, 0) is 24.3 Å². The number of sulfonamides is 1. The van der Waals surface area contributed by atoms with Crippen LogP contribution < -0.4 is 5.14 Å². The van der Waals surface area contributed by atoms with E-state index >= 15 is 0 Å². The second-order valence-electron chi connectivity index (χ2n) is 2.63. The van der Waals surface area contributed by atoms with E-state index in [2.05, 4.69) is 0 Å². The number of alkyl halides is 1. The zero-order chi connectivity index (χ0) is 10.8. The van der Waals surface area contributed by atoms with Crippen molar-refractivity contribution < 1.29 is 17.6 Å². The van der Waals surface area contributed by atoms with Crippen LogP contribution in [-0.4, -0.2) is 20.9 Å². The highest BCUT2D eigenvalue weighted by molar-refractivity contribution is 7.89. The van der Waals surface area contributed by atoms with E-state index < -0.39 is 22.5 Å². The lowest BCUT2D eigenvalue weighted by Crippen LogP contribution is -2.12. The summed E-state index contributed by atoms with van der Waals surface area (Å²) in [5.41, 5.74) is 0.125. The average Bonchev–Trinajstić information content (AvgIpc) is 2.15. The van der Waals surface area contributed by atoms with Gasteiger partial charge in [0.15, 0.2) is 12.5 Å². The van der Waals surface area contributed by atoms with E-state index in [1.807, 2.05) is 0 Å². The third-order valence-electron chi connectivity index (χ3n) is 1.63. The minimum atomic E-state index is -3.76. The van der Waals surface area contributed by atoms with Gasteiger partial charge >= 0.3 is 0 Å². The number of ketones is 1. The molecule has 0 aliphatic rings. The molecule has 0 aliphatic carbocycles. The van der Waals surface area contributed by atoms with Crippen molar-refractivity contribution in [1.82, 2.24) is 0 Å². The molecular weight excluding hydrogens is 209 g/mol. The van der Waals surface area contributed by atoms with Crippen molar-refractivity contribution >= 4 is 15.8 Å². The molecule has 76 valence electrons. The van der Waals surface area contributed by atoms with Crippen molar-refractivity contribution in [2.45, 2.75) is 4.90 Å². The maximum atomic E-state index is 11.9. The second-order valence-corrected chi connectivity index (χ2v) is 4.19. The molecule has 0 unspecified atom stereocenters. The molecule has 0 heterocycles. The van der Waals surface area contributed by atoms with Gasteiger partial charge in [0.1, 0.15) is 0 Å². The van der Waals surface area contributed by atoms with Crippen LogP contribution in [-0.2, 0) is 10.0 Å². The number of carbonyl (C=O) groups excluding carboxylic acids is 1. The maximum absolute atomic E-state index is 11.9. The molecule has 1 aromatic rings. The van der Waals surface area contributed by atoms with Crippen LogP contribution >= 0.6 is 0 Å². The van der Waals surface area contributed by atoms with Gasteiger partial charge in [0.25, 0.3) is 0 Å². The highest BCUT2D eigenvalue weighted by Crippen LogP contribution is 2.09. The Morgan fingerprint density at radius 1 is 1.29 bits per heavy atom. The Bertz CT molecular complexity index is 438. The largest absolute Gasteiger partial charge is 0.291 e. The normalized spacial score (nSPS) is 11.3. The fraction of sp³-hybridized carbons (Fsp3) is 0.125. The van der Waals surface area contributed by atoms with Crippen molar-refractivity contribution in [1.29, 1.82) is 0 Å². The molecule has 1 rings (SSSR count). The van der Waals surface area contributed by atoms with Gasteiger partial charge in [-0.1, -0.05) is 0 Å². The molecular formula is C8H8FNO3S. The SMILES string of the molecule is NS(=O)(=O)c1ccc(C(=O)CF)cc1. The number of Topliss-reactive ketones (excluding diaryl/α,β-unsaturated/α-hetero) is 1. The lowest BCUT2D eigenvalue weighted by Gasteiger charge is -1.99. The summed E-state index contributed by atoms with van der Waals surface area (Å²) in [4.78, 5) is 10.7. The molecule has 0 saturated carbocycles. The standard InChI is InChI=1S/C8H8FNO3S/c9-5-8(11)6-1-3-7(4-2-6)14(10,12)13/h1-4H,5H2,(H2,10,12,13). The molecule has 1 aromatic carbocycles. The average molecular weight is 217 g/mol. The zero-order valence-electron chi connectivity index (χ0n) is 7.10. The van der Waals surface area contributed by atoms with Crippen LogP contribution in [0, 0.1) is 0 Å². The summed E-state index contributed by atoms with van der Waals surface area (Å²) in [6, 6.07) is 4.78. The summed E-state index contributed by atoms with van der Waals surface area (Å²) in [6.45, 7) is -1.10. The molecule has 0 aromatic heterocycles. The molecule has 4 nitrogen and oxygen atoms in total. The Balaban J connectivity index is 3.07. The van der Waals surface area contributed by atoms with Crippen molar-refractivity contribution in [3.8, 4) is 0 Å². The van der Waals surface area contributed by atoms with Crippen LogP contribution in [0.3, 0.4) is 0 Å². The summed E-state index contributed by atoms with van der Waals surface area (Å²) in [5, 5.41) is 4.83. The second kappa shape index (κ2) is 3.85. The smallest absolute Gasteiger partial charge is 0.238 e. The summed E-state index contributed by atoms with van der Waals surface area (Å²) < 4.78 is 33.5. The minimum Gasteiger partial charge on any atom is -0.291 e. The Morgan fingerprint density at radius 2 is 1.79 bits per heavy atom. The van der Waals surface area contributed by atoms with Crippen LogP contribution in [0.2, 0.25) is 0 Å². The first kappa shape index (κ1) is 10.8. The predicted octanol–water partition coefficient (Wildman–Crippen LogP) is 0.486. The number of hydrogen-bond donors (Lipinski definition) is 1. The summed E-state index contributed by atoms with van der Waals surface area (Å²) in [6.07, 6.45) is 0. The molecule has 0 aliphatic heterocycles. The number of hydrogen-bond acceptors (Lipinski definition) is 3. The fourth-order valence-electron chi connectivity index (χ4n) is 0.908. The van der Waals surface area contributed by atoms with Crippen LogP contribution in [0.1, 0.15) is 10.4 Å². The van der Waals surface area contributed by atoms with Crippen LogP contribution in [0.5, 0.6) is 0 Å². The van der Waals surface area contributed by atoms with Crippen molar-refractivity contribution in [3.05, 3.63) is 29.8 Å². The van der Waals surface area contributed by atoms with Crippen molar-refractivity contribution in [2.75, 3.05) is 6.67 Å². The number of benzene rings is 1. The monoisotopic (exact) mass is 217 g/mol. The zero-order valence-corrected chi connectivity index (χ0v) is 7.92. The van der Waals surface area contributed by atoms with E-state index in [0.717, 1.165) is 12.1 Å². The van der Waals surface area contributed by atoms with Crippen LogP contribution in [0.15, 0.2) is 29.2 Å². The molecule has 0 atom stereocenters.